The fraction of sp³-hybridized carbons (Fsp3) is 0.778. The second-order valence-corrected chi connectivity index (χ2v) is 4.14. The summed E-state index contributed by atoms with van der Waals surface area (Å²) in [6.45, 7) is 0.480. The minimum Gasteiger partial charge on any atom is -0.281 e. The van der Waals surface area contributed by atoms with E-state index in [0.29, 0.717) is 12.3 Å². The zero-order valence-electron chi connectivity index (χ0n) is 7.40. The molecule has 1 saturated heterocycles. The van der Waals surface area contributed by atoms with Gasteiger partial charge in [-0.15, -0.1) is 0 Å². The molecule has 2 unspecified atom stereocenters. The topological polar surface area (TPSA) is 37.4 Å². The van der Waals surface area contributed by atoms with Gasteiger partial charge in [-0.1, -0.05) is 6.42 Å². The van der Waals surface area contributed by atoms with Crippen LogP contribution in [0, 0.1) is 11.8 Å². The Balaban J connectivity index is 2.16. The molecule has 0 bridgehead atoms. The highest BCUT2D eigenvalue weighted by molar-refractivity contribution is 7.80. The van der Waals surface area contributed by atoms with Crippen LogP contribution in [0.2, 0.25) is 0 Å². The molecule has 1 aliphatic heterocycles. The summed E-state index contributed by atoms with van der Waals surface area (Å²) in [6, 6.07) is 0. The maximum Gasteiger partial charge on any atom is 0.233 e. The molecule has 72 valence electrons. The molecular weight excluding hydrogens is 186 g/mol. The Morgan fingerprint density at radius 3 is 2.23 bits per heavy atom. The number of amides is 2. The van der Waals surface area contributed by atoms with Gasteiger partial charge in [0.2, 0.25) is 11.8 Å². The van der Waals surface area contributed by atoms with Crippen LogP contribution in [0.1, 0.15) is 19.3 Å². The molecule has 1 heterocycles. The number of hydrogen-bond acceptors (Lipinski definition) is 3. The van der Waals surface area contributed by atoms with Gasteiger partial charge in [0, 0.05) is 12.3 Å². The number of likely N-dealkylation sites (tertiary alicyclic amines) is 1. The van der Waals surface area contributed by atoms with E-state index < -0.39 is 0 Å². The van der Waals surface area contributed by atoms with E-state index in [9.17, 15) is 9.59 Å². The van der Waals surface area contributed by atoms with E-state index in [1.807, 2.05) is 0 Å². The lowest BCUT2D eigenvalue weighted by Crippen LogP contribution is -2.33. The Bertz CT molecular complexity index is 232. The highest BCUT2D eigenvalue weighted by Gasteiger charge is 2.49. The van der Waals surface area contributed by atoms with Gasteiger partial charge in [-0.3, -0.25) is 14.5 Å². The van der Waals surface area contributed by atoms with Gasteiger partial charge in [0.1, 0.15) is 0 Å². The molecule has 3 nitrogen and oxygen atoms in total. The average molecular weight is 199 g/mol. The van der Waals surface area contributed by atoms with E-state index in [0.717, 1.165) is 19.3 Å². The van der Waals surface area contributed by atoms with Crippen LogP contribution in [-0.2, 0) is 9.59 Å². The number of fused-ring (bicyclic) bond motifs is 1. The van der Waals surface area contributed by atoms with Crippen LogP contribution in [-0.4, -0.2) is 29.0 Å². The molecule has 0 aromatic carbocycles. The summed E-state index contributed by atoms with van der Waals surface area (Å²) in [7, 11) is 0. The standard InChI is InChI=1S/C9H13NO2S/c11-8-6-2-1-3-7(6)9(12)10(8)4-5-13/h6-7,13H,1-5H2. The van der Waals surface area contributed by atoms with Gasteiger partial charge >= 0.3 is 0 Å². The zero-order valence-corrected chi connectivity index (χ0v) is 8.30. The second-order valence-electron chi connectivity index (χ2n) is 3.70. The van der Waals surface area contributed by atoms with E-state index in [4.69, 9.17) is 0 Å². The van der Waals surface area contributed by atoms with Crippen molar-refractivity contribution >= 4 is 24.4 Å². The Morgan fingerprint density at radius 2 is 1.77 bits per heavy atom. The number of rotatable bonds is 2. The van der Waals surface area contributed by atoms with E-state index in [1.54, 1.807) is 0 Å². The van der Waals surface area contributed by atoms with Gasteiger partial charge in [-0.05, 0) is 12.8 Å². The lowest BCUT2D eigenvalue weighted by molar-refractivity contribution is -0.139. The van der Waals surface area contributed by atoms with Gasteiger partial charge in [0.05, 0.1) is 11.8 Å². The summed E-state index contributed by atoms with van der Waals surface area (Å²) in [5.74, 6) is 0.666. The van der Waals surface area contributed by atoms with Crippen LogP contribution in [0.5, 0.6) is 0 Å². The molecule has 0 spiro atoms. The fourth-order valence-corrected chi connectivity index (χ4v) is 2.58. The van der Waals surface area contributed by atoms with Gasteiger partial charge in [-0.2, -0.15) is 12.6 Å². The van der Waals surface area contributed by atoms with Crippen molar-refractivity contribution in [1.29, 1.82) is 0 Å². The molecule has 2 aliphatic rings. The van der Waals surface area contributed by atoms with Gasteiger partial charge < -0.3 is 0 Å². The first-order valence-electron chi connectivity index (χ1n) is 4.72. The van der Waals surface area contributed by atoms with Crippen molar-refractivity contribution in [1.82, 2.24) is 4.90 Å². The minimum atomic E-state index is 0.00684. The van der Waals surface area contributed by atoms with E-state index in [1.165, 1.54) is 4.90 Å². The van der Waals surface area contributed by atoms with Crippen LogP contribution in [0.15, 0.2) is 0 Å². The Hall–Kier alpha value is -0.510. The third-order valence-electron chi connectivity index (χ3n) is 3.01. The minimum absolute atomic E-state index is 0.00684. The second kappa shape index (κ2) is 3.33. The lowest BCUT2D eigenvalue weighted by atomic mass is 10.00. The third kappa shape index (κ3) is 1.27. The first kappa shape index (κ1) is 9.06. The quantitative estimate of drug-likeness (QED) is 0.525. The van der Waals surface area contributed by atoms with E-state index in [2.05, 4.69) is 12.6 Å². The summed E-state index contributed by atoms with van der Waals surface area (Å²) in [5, 5.41) is 0. The molecule has 2 amide bonds. The van der Waals surface area contributed by atoms with Crippen LogP contribution >= 0.6 is 12.6 Å². The summed E-state index contributed by atoms with van der Waals surface area (Å²) >= 11 is 4.04. The van der Waals surface area contributed by atoms with Crippen molar-refractivity contribution in [3.8, 4) is 0 Å². The van der Waals surface area contributed by atoms with Crippen molar-refractivity contribution in [3.05, 3.63) is 0 Å². The first-order chi connectivity index (χ1) is 6.25. The van der Waals surface area contributed by atoms with Crippen molar-refractivity contribution in [2.75, 3.05) is 12.3 Å². The zero-order chi connectivity index (χ0) is 9.42. The summed E-state index contributed by atoms with van der Waals surface area (Å²) in [4.78, 5) is 24.7. The summed E-state index contributed by atoms with van der Waals surface area (Å²) < 4.78 is 0. The highest BCUT2D eigenvalue weighted by atomic mass is 32.1. The molecule has 2 atom stereocenters. The smallest absolute Gasteiger partial charge is 0.233 e. The number of carbonyl (C=O) groups is 2. The molecule has 4 heteroatoms. The molecule has 0 radical (unpaired) electrons. The van der Waals surface area contributed by atoms with Crippen LogP contribution in [0.4, 0.5) is 0 Å². The number of hydrogen-bond donors (Lipinski definition) is 1. The third-order valence-corrected chi connectivity index (χ3v) is 3.21. The predicted octanol–water partition coefficient (Wildman–Crippen LogP) is 0.701. The fourth-order valence-electron chi connectivity index (χ4n) is 2.38. The van der Waals surface area contributed by atoms with Gasteiger partial charge in [0.15, 0.2) is 0 Å². The summed E-state index contributed by atoms with van der Waals surface area (Å²) in [5.41, 5.74) is 0. The lowest BCUT2D eigenvalue weighted by Gasteiger charge is -2.13. The van der Waals surface area contributed by atoms with Gasteiger partial charge in [0.25, 0.3) is 0 Å². The largest absolute Gasteiger partial charge is 0.281 e. The average Bonchev–Trinajstić information content (AvgIpc) is 2.66. The van der Waals surface area contributed by atoms with Crippen LogP contribution in [0.3, 0.4) is 0 Å². The van der Waals surface area contributed by atoms with E-state index >= 15 is 0 Å². The molecule has 2 fully saturated rings. The van der Waals surface area contributed by atoms with Gasteiger partial charge in [-0.25, -0.2) is 0 Å². The maximum atomic E-state index is 11.7. The Kier molecular flexibility index (Phi) is 2.32. The molecular formula is C9H13NO2S. The predicted molar refractivity (Wildman–Crippen MR) is 51.4 cm³/mol. The number of imide groups is 1. The number of nitrogens with zero attached hydrogens (tertiary/aromatic N) is 1. The van der Waals surface area contributed by atoms with Crippen molar-refractivity contribution in [2.24, 2.45) is 11.8 Å². The monoisotopic (exact) mass is 199 g/mol. The maximum absolute atomic E-state index is 11.7. The first-order valence-corrected chi connectivity index (χ1v) is 5.35. The van der Waals surface area contributed by atoms with Crippen molar-refractivity contribution in [3.63, 3.8) is 0 Å². The van der Waals surface area contributed by atoms with Crippen LogP contribution < -0.4 is 0 Å². The molecule has 2 rings (SSSR count). The van der Waals surface area contributed by atoms with Crippen LogP contribution in [0.25, 0.3) is 0 Å². The SMILES string of the molecule is O=C1C2CCCC2C(=O)N1CCS. The van der Waals surface area contributed by atoms with E-state index in [-0.39, 0.29) is 23.7 Å². The normalized spacial score (nSPS) is 32.8. The highest BCUT2D eigenvalue weighted by Crippen LogP contribution is 2.39. The molecule has 0 N–H and O–H groups in total. The number of thiol groups is 1. The molecule has 1 saturated carbocycles. The molecule has 13 heavy (non-hydrogen) atoms. The van der Waals surface area contributed by atoms with Crippen molar-refractivity contribution in [2.45, 2.75) is 19.3 Å². The number of carbonyl (C=O) groups excluding carboxylic acids is 2. The Morgan fingerprint density at radius 1 is 1.23 bits per heavy atom. The summed E-state index contributed by atoms with van der Waals surface area (Å²) in [6.07, 6.45) is 2.83. The Labute approximate surface area is 82.9 Å². The molecule has 0 aromatic heterocycles. The molecule has 1 aliphatic carbocycles. The van der Waals surface area contributed by atoms with Crippen molar-refractivity contribution < 1.29 is 9.59 Å². The molecule has 0 aromatic rings.